The summed E-state index contributed by atoms with van der Waals surface area (Å²) in [6.45, 7) is 8.26. The number of hydrogen-bond acceptors (Lipinski definition) is 4. The van der Waals surface area contributed by atoms with E-state index in [2.05, 4.69) is 46.4 Å². The molecule has 1 aromatic heterocycles. The Balaban J connectivity index is 1.43. The molecule has 1 amide bonds. The first kappa shape index (κ1) is 18.8. The minimum Gasteiger partial charge on any atom is -0.348 e. The molecule has 0 aliphatic carbocycles. The molecule has 4 nitrogen and oxygen atoms in total. The summed E-state index contributed by atoms with van der Waals surface area (Å²) in [4.78, 5) is 18.8. The van der Waals surface area contributed by atoms with Crippen molar-refractivity contribution in [3.8, 4) is 0 Å². The van der Waals surface area contributed by atoms with Crippen LogP contribution in [0, 0.1) is 12.8 Å². The molecule has 0 unspecified atom stereocenters. The molecule has 1 fully saturated rings. The van der Waals surface area contributed by atoms with Crippen LogP contribution in [0.2, 0.25) is 0 Å². The van der Waals surface area contributed by atoms with E-state index in [4.69, 9.17) is 0 Å². The van der Waals surface area contributed by atoms with E-state index in [1.807, 2.05) is 12.3 Å². The van der Waals surface area contributed by atoms with Crippen molar-refractivity contribution >= 4 is 23.3 Å². The molecule has 3 rings (SSSR count). The summed E-state index contributed by atoms with van der Waals surface area (Å²) >= 11 is 1.58. The molecule has 1 N–H and O–H groups in total. The highest BCUT2D eigenvalue weighted by molar-refractivity contribution is 7.09. The van der Waals surface area contributed by atoms with Crippen LogP contribution in [0.4, 0.5) is 0 Å². The van der Waals surface area contributed by atoms with Gasteiger partial charge >= 0.3 is 0 Å². The highest BCUT2D eigenvalue weighted by atomic mass is 32.1. The number of aromatic nitrogens is 1. The van der Waals surface area contributed by atoms with Gasteiger partial charge in [0.25, 0.3) is 0 Å². The summed E-state index contributed by atoms with van der Waals surface area (Å²) in [5, 5.41) is 5.87. The summed E-state index contributed by atoms with van der Waals surface area (Å²) < 4.78 is 0. The lowest BCUT2D eigenvalue weighted by molar-refractivity contribution is -0.116. The van der Waals surface area contributed by atoms with Crippen LogP contribution in [0.15, 0.2) is 35.7 Å². The maximum atomic E-state index is 11.9. The standard InChI is InChI=1S/C21H27N3OS/c1-16-9-11-24(12-10-16)14-19-5-3-18(4-6-19)13-22-21(25)8-7-20-15-26-17(2)23-20/h3-8,15-16H,9-14H2,1-2H3,(H,22,25)/b8-7+. The van der Waals surface area contributed by atoms with Crippen molar-refractivity contribution in [3.63, 3.8) is 0 Å². The first-order valence-corrected chi connectivity index (χ1v) is 10.1. The van der Waals surface area contributed by atoms with Crippen LogP contribution in [0.25, 0.3) is 6.08 Å². The van der Waals surface area contributed by atoms with Gasteiger partial charge in [-0.25, -0.2) is 4.98 Å². The molecule has 0 saturated carbocycles. The number of carbonyl (C=O) groups excluding carboxylic acids is 1. The zero-order chi connectivity index (χ0) is 18.4. The molecule has 0 spiro atoms. The van der Waals surface area contributed by atoms with Crippen molar-refractivity contribution < 1.29 is 4.79 Å². The van der Waals surface area contributed by atoms with Crippen LogP contribution in [-0.2, 0) is 17.9 Å². The number of piperidine rings is 1. The number of hydrogen-bond donors (Lipinski definition) is 1. The quantitative estimate of drug-likeness (QED) is 0.783. The van der Waals surface area contributed by atoms with Gasteiger partial charge in [0.1, 0.15) is 0 Å². The first-order chi connectivity index (χ1) is 12.6. The molecule has 26 heavy (non-hydrogen) atoms. The number of likely N-dealkylation sites (tertiary alicyclic amines) is 1. The van der Waals surface area contributed by atoms with Crippen molar-refractivity contribution in [1.29, 1.82) is 0 Å². The normalized spacial score (nSPS) is 16.2. The molecule has 0 bridgehead atoms. The Hall–Kier alpha value is -1.98. The second-order valence-corrected chi connectivity index (χ2v) is 8.18. The lowest BCUT2D eigenvalue weighted by Crippen LogP contribution is -2.32. The summed E-state index contributed by atoms with van der Waals surface area (Å²) in [6, 6.07) is 8.56. The second kappa shape index (κ2) is 9.10. The average Bonchev–Trinajstić information content (AvgIpc) is 3.07. The van der Waals surface area contributed by atoms with Gasteiger partial charge in [-0.3, -0.25) is 9.69 Å². The Morgan fingerprint density at radius 2 is 1.96 bits per heavy atom. The number of nitrogens with zero attached hydrogens (tertiary/aromatic N) is 2. The van der Waals surface area contributed by atoms with E-state index >= 15 is 0 Å². The van der Waals surface area contributed by atoms with Crippen LogP contribution < -0.4 is 5.32 Å². The summed E-state index contributed by atoms with van der Waals surface area (Å²) in [5.74, 6) is 0.771. The van der Waals surface area contributed by atoms with E-state index in [-0.39, 0.29) is 5.91 Å². The van der Waals surface area contributed by atoms with Crippen molar-refractivity contribution in [2.24, 2.45) is 5.92 Å². The molecule has 2 aromatic rings. The Morgan fingerprint density at radius 3 is 2.62 bits per heavy atom. The molecule has 0 atom stereocenters. The van der Waals surface area contributed by atoms with Crippen LogP contribution >= 0.6 is 11.3 Å². The van der Waals surface area contributed by atoms with E-state index in [0.29, 0.717) is 6.54 Å². The number of benzene rings is 1. The van der Waals surface area contributed by atoms with Gasteiger partial charge in [0, 0.05) is 24.5 Å². The zero-order valence-electron chi connectivity index (χ0n) is 15.6. The van der Waals surface area contributed by atoms with Crippen LogP contribution in [0.3, 0.4) is 0 Å². The second-order valence-electron chi connectivity index (χ2n) is 7.12. The minimum absolute atomic E-state index is 0.0952. The molecule has 138 valence electrons. The average molecular weight is 370 g/mol. The molecule has 1 aliphatic rings. The molecular formula is C21H27N3OS. The zero-order valence-corrected chi connectivity index (χ0v) is 16.4. The summed E-state index contributed by atoms with van der Waals surface area (Å²) in [6.07, 6.45) is 5.90. The van der Waals surface area contributed by atoms with Crippen molar-refractivity contribution in [2.45, 2.75) is 39.8 Å². The molecule has 0 radical (unpaired) electrons. The lowest BCUT2D eigenvalue weighted by atomic mass is 9.99. The number of rotatable bonds is 6. The first-order valence-electron chi connectivity index (χ1n) is 9.27. The van der Waals surface area contributed by atoms with E-state index < -0.39 is 0 Å². The van der Waals surface area contributed by atoms with Gasteiger partial charge in [-0.1, -0.05) is 31.2 Å². The molecule has 5 heteroatoms. The van der Waals surface area contributed by atoms with Crippen molar-refractivity contribution in [3.05, 3.63) is 57.6 Å². The van der Waals surface area contributed by atoms with Crippen LogP contribution in [0.5, 0.6) is 0 Å². The fraction of sp³-hybridized carbons (Fsp3) is 0.429. The third kappa shape index (κ3) is 5.78. The Bertz CT molecular complexity index is 743. The Morgan fingerprint density at radius 1 is 1.27 bits per heavy atom. The summed E-state index contributed by atoms with van der Waals surface area (Å²) in [7, 11) is 0. The summed E-state index contributed by atoms with van der Waals surface area (Å²) in [5.41, 5.74) is 3.29. The number of carbonyl (C=O) groups is 1. The fourth-order valence-electron chi connectivity index (χ4n) is 3.11. The Labute approximate surface area is 160 Å². The van der Waals surface area contributed by atoms with Crippen LogP contribution in [0.1, 0.15) is 41.6 Å². The van der Waals surface area contributed by atoms with Gasteiger partial charge in [-0.05, 0) is 56.0 Å². The van der Waals surface area contributed by atoms with Gasteiger partial charge in [-0.15, -0.1) is 11.3 Å². The fourth-order valence-corrected chi connectivity index (χ4v) is 3.69. The lowest BCUT2D eigenvalue weighted by Gasteiger charge is -2.30. The maximum absolute atomic E-state index is 11.9. The largest absolute Gasteiger partial charge is 0.348 e. The predicted octanol–water partition coefficient (Wildman–Crippen LogP) is 4.01. The molecule has 1 aromatic carbocycles. The highest BCUT2D eigenvalue weighted by Gasteiger charge is 2.15. The molecule has 1 aliphatic heterocycles. The van der Waals surface area contributed by atoms with E-state index in [0.717, 1.165) is 28.7 Å². The number of amides is 1. The molecule has 2 heterocycles. The topological polar surface area (TPSA) is 45.2 Å². The van der Waals surface area contributed by atoms with Crippen molar-refractivity contribution in [1.82, 2.24) is 15.2 Å². The number of nitrogens with one attached hydrogen (secondary N) is 1. The number of thiazole rings is 1. The van der Waals surface area contributed by atoms with Gasteiger partial charge in [0.05, 0.1) is 10.7 Å². The van der Waals surface area contributed by atoms with E-state index in [9.17, 15) is 4.79 Å². The Kier molecular flexibility index (Phi) is 6.58. The third-order valence-electron chi connectivity index (χ3n) is 4.81. The van der Waals surface area contributed by atoms with Gasteiger partial charge in [0.15, 0.2) is 0 Å². The molecular weight excluding hydrogens is 342 g/mol. The van der Waals surface area contributed by atoms with E-state index in [1.165, 1.54) is 31.5 Å². The molecule has 1 saturated heterocycles. The smallest absolute Gasteiger partial charge is 0.244 e. The van der Waals surface area contributed by atoms with Crippen molar-refractivity contribution in [2.75, 3.05) is 13.1 Å². The highest BCUT2D eigenvalue weighted by Crippen LogP contribution is 2.18. The van der Waals surface area contributed by atoms with E-state index in [1.54, 1.807) is 23.5 Å². The SMILES string of the molecule is Cc1nc(/C=C/C(=O)NCc2ccc(CN3CCC(C)CC3)cc2)cs1. The number of aryl methyl sites for hydroxylation is 1. The predicted molar refractivity (Wildman–Crippen MR) is 108 cm³/mol. The van der Waals surface area contributed by atoms with Crippen LogP contribution in [-0.4, -0.2) is 28.9 Å². The minimum atomic E-state index is -0.0952. The third-order valence-corrected chi connectivity index (χ3v) is 5.61. The van der Waals surface area contributed by atoms with Gasteiger partial charge in [0.2, 0.25) is 5.91 Å². The maximum Gasteiger partial charge on any atom is 0.244 e. The van der Waals surface area contributed by atoms with Gasteiger partial charge < -0.3 is 5.32 Å². The monoisotopic (exact) mass is 369 g/mol. The van der Waals surface area contributed by atoms with Gasteiger partial charge in [-0.2, -0.15) is 0 Å².